The fourth-order valence-corrected chi connectivity index (χ4v) is 4.43. The minimum absolute atomic E-state index is 0.273. The monoisotopic (exact) mass is 369 g/mol. The maximum absolute atomic E-state index is 14.1. The van der Waals surface area contributed by atoms with Crippen LogP contribution in [0.5, 0.6) is 0 Å². The lowest BCUT2D eigenvalue weighted by Gasteiger charge is -2.16. The zero-order valence-corrected chi connectivity index (χ0v) is 14.6. The molecule has 2 saturated heterocycles. The molecule has 0 saturated carbocycles. The summed E-state index contributed by atoms with van der Waals surface area (Å²) in [7, 11) is 0. The molecule has 1 aromatic rings. The van der Waals surface area contributed by atoms with Gasteiger partial charge in [0.15, 0.2) is 23.3 Å². The van der Waals surface area contributed by atoms with Crippen LogP contribution in [0.2, 0.25) is 0 Å². The molecule has 3 aliphatic rings. The van der Waals surface area contributed by atoms with E-state index in [-0.39, 0.29) is 6.07 Å². The summed E-state index contributed by atoms with van der Waals surface area (Å²) < 4.78 is 55.3. The quantitative estimate of drug-likeness (QED) is 0.631. The Hall–Kier alpha value is -1.76. The van der Waals surface area contributed by atoms with E-state index in [4.69, 9.17) is 0 Å². The maximum Gasteiger partial charge on any atom is 0.165 e. The van der Waals surface area contributed by atoms with Gasteiger partial charge < -0.3 is 15.1 Å². The fraction of sp³-hybridized carbons (Fsp3) is 0.579. The Labute approximate surface area is 150 Å². The van der Waals surface area contributed by atoms with Crippen LogP contribution in [0, 0.1) is 23.3 Å². The highest BCUT2D eigenvalue weighted by atomic mass is 19.2. The lowest BCUT2D eigenvalue weighted by Crippen LogP contribution is -2.24. The van der Waals surface area contributed by atoms with Crippen LogP contribution in [0.15, 0.2) is 17.5 Å². The van der Waals surface area contributed by atoms with E-state index in [0.29, 0.717) is 19.6 Å². The normalized spacial score (nSPS) is 23.1. The molecule has 4 rings (SSSR count). The van der Waals surface area contributed by atoms with Crippen LogP contribution >= 0.6 is 0 Å². The predicted molar refractivity (Wildman–Crippen MR) is 90.3 cm³/mol. The van der Waals surface area contributed by atoms with Crippen LogP contribution in [0.3, 0.4) is 0 Å². The maximum atomic E-state index is 14.1. The zero-order chi connectivity index (χ0) is 18.3. The van der Waals surface area contributed by atoms with Crippen molar-refractivity contribution in [2.75, 3.05) is 32.8 Å². The van der Waals surface area contributed by atoms with E-state index in [0.717, 1.165) is 43.9 Å². The van der Waals surface area contributed by atoms with Crippen molar-refractivity contribution in [1.29, 1.82) is 0 Å². The van der Waals surface area contributed by atoms with E-state index in [1.165, 1.54) is 12.8 Å². The van der Waals surface area contributed by atoms with Crippen molar-refractivity contribution in [3.05, 3.63) is 46.3 Å². The molecule has 2 fully saturated rings. The first-order chi connectivity index (χ1) is 12.5. The van der Waals surface area contributed by atoms with Crippen LogP contribution in [0.1, 0.15) is 43.6 Å². The van der Waals surface area contributed by atoms with Crippen LogP contribution in [0.4, 0.5) is 17.6 Å². The molecule has 1 aromatic carbocycles. The third kappa shape index (κ3) is 3.17. The van der Waals surface area contributed by atoms with Gasteiger partial charge in [0.1, 0.15) is 0 Å². The number of halogens is 4. The van der Waals surface area contributed by atoms with Gasteiger partial charge in [0.25, 0.3) is 0 Å². The van der Waals surface area contributed by atoms with Gasteiger partial charge in [0.2, 0.25) is 0 Å². The number of allylic oxidation sites excluding steroid dienone is 2. The predicted octanol–water partition coefficient (Wildman–Crippen LogP) is 3.68. The first-order valence-electron chi connectivity index (χ1n) is 9.30. The van der Waals surface area contributed by atoms with Crippen LogP contribution in [-0.2, 0) is 0 Å². The number of rotatable bonds is 5. The molecular formula is C19H23F4N3. The minimum Gasteiger partial charge on any atom is -0.370 e. The number of fused-ring (bicyclic) bond motifs is 1. The van der Waals surface area contributed by atoms with Gasteiger partial charge >= 0.3 is 0 Å². The van der Waals surface area contributed by atoms with Gasteiger partial charge in [-0.25, -0.2) is 17.6 Å². The summed E-state index contributed by atoms with van der Waals surface area (Å²) >= 11 is 0. The summed E-state index contributed by atoms with van der Waals surface area (Å²) in [6, 6.07) is 0.273. The third-order valence-corrected chi connectivity index (χ3v) is 5.75. The first kappa shape index (κ1) is 17.6. The Kier molecular flexibility index (Phi) is 4.82. The molecule has 0 unspecified atom stereocenters. The molecule has 0 aliphatic carbocycles. The molecule has 7 heteroatoms. The van der Waals surface area contributed by atoms with Crippen molar-refractivity contribution in [3.63, 3.8) is 0 Å². The van der Waals surface area contributed by atoms with Gasteiger partial charge in [-0.2, -0.15) is 0 Å². The van der Waals surface area contributed by atoms with Crippen molar-refractivity contribution in [3.8, 4) is 0 Å². The SMILES string of the molecule is Fc1cc(F)c(F)c([C@H]2CC3=C(CCCN4CCCC4)NCN3C2)c1F. The molecule has 0 radical (unpaired) electrons. The Bertz CT molecular complexity index is 702. The molecule has 0 aromatic heterocycles. The van der Waals surface area contributed by atoms with E-state index in [1.807, 2.05) is 4.90 Å². The van der Waals surface area contributed by atoms with E-state index in [9.17, 15) is 17.6 Å². The van der Waals surface area contributed by atoms with Gasteiger partial charge in [-0.05, 0) is 51.7 Å². The van der Waals surface area contributed by atoms with Crippen molar-refractivity contribution in [2.45, 2.75) is 38.0 Å². The van der Waals surface area contributed by atoms with Gasteiger partial charge in [-0.3, -0.25) is 0 Å². The second-order valence-electron chi connectivity index (χ2n) is 7.42. The number of benzene rings is 1. The van der Waals surface area contributed by atoms with Gasteiger partial charge in [0.05, 0.1) is 6.67 Å². The van der Waals surface area contributed by atoms with Gasteiger partial charge in [-0.1, -0.05) is 0 Å². The molecule has 3 heterocycles. The van der Waals surface area contributed by atoms with Crippen molar-refractivity contribution in [1.82, 2.24) is 15.1 Å². The highest BCUT2D eigenvalue weighted by molar-refractivity contribution is 5.33. The fourth-order valence-electron chi connectivity index (χ4n) is 4.43. The molecule has 26 heavy (non-hydrogen) atoms. The second-order valence-corrected chi connectivity index (χ2v) is 7.42. The summed E-state index contributed by atoms with van der Waals surface area (Å²) in [4.78, 5) is 4.48. The molecular weight excluding hydrogens is 346 g/mol. The number of hydrogen-bond donors (Lipinski definition) is 1. The highest BCUT2D eigenvalue weighted by Crippen LogP contribution is 2.40. The summed E-state index contributed by atoms with van der Waals surface area (Å²) in [6.45, 7) is 4.34. The minimum atomic E-state index is -1.33. The summed E-state index contributed by atoms with van der Waals surface area (Å²) in [5.41, 5.74) is 1.67. The topological polar surface area (TPSA) is 18.5 Å². The smallest absolute Gasteiger partial charge is 0.165 e. The number of hydrogen-bond acceptors (Lipinski definition) is 3. The van der Waals surface area contributed by atoms with E-state index < -0.39 is 34.8 Å². The summed E-state index contributed by atoms with van der Waals surface area (Å²) in [6.07, 6.45) is 4.86. The lowest BCUT2D eigenvalue weighted by atomic mass is 9.95. The molecule has 142 valence electrons. The molecule has 0 spiro atoms. The number of likely N-dealkylation sites (tertiary alicyclic amines) is 1. The average Bonchev–Trinajstić information content (AvgIpc) is 3.32. The molecule has 1 N–H and O–H groups in total. The first-order valence-corrected chi connectivity index (χ1v) is 9.30. The molecule has 1 atom stereocenters. The van der Waals surface area contributed by atoms with Gasteiger partial charge in [0, 0.05) is 35.5 Å². The Morgan fingerprint density at radius 2 is 1.73 bits per heavy atom. The van der Waals surface area contributed by atoms with Crippen molar-refractivity contribution in [2.24, 2.45) is 0 Å². The highest BCUT2D eigenvalue weighted by Gasteiger charge is 2.37. The standard InChI is InChI=1S/C19H23F4N3/c20-13-9-14(21)19(23)17(18(13)22)12-8-16-15(24-11-26(16)10-12)4-3-7-25-5-1-2-6-25/h9,12,24H,1-8,10-11H2/t12-/m0/s1. The molecule has 3 aliphatic heterocycles. The van der Waals surface area contributed by atoms with Gasteiger partial charge in [-0.15, -0.1) is 0 Å². The lowest BCUT2D eigenvalue weighted by molar-refractivity contribution is 0.333. The number of nitrogens with one attached hydrogen (secondary N) is 1. The second kappa shape index (κ2) is 7.10. The average molecular weight is 369 g/mol. The third-order valence-electron chi connectivity index (χ3n) is 5.75. The Balaban J connectivity index is 1.47. The van der Waals surface area contributed by atoms with Crippen molar-refractivity contribution >= 4 is 0 Å². The largest absolute Gasteiger partial charge is 0.370 e. The Morgan fingerprint density at radius 1 is 1.04 bits per heavy atom. The molecule has 0 amide bonds. The summed E-state index contributed by atoms with van der Waals surface area (Å²) in [5.74, 6) is -5.75. The zero-order valence-electron chi connectivity index (χ0n) is 14.6. The molecule has 3 nitrogen and oxygen atoms in total. The Morgan fingerprint density at radius 3 is 2.42 bits per heavy atom. The van der Waals surface area contributed by atoms with Crippen LogP contribution < -0.4 is 5.32 Å². The number of nitrogens with zero attached hydrogens (tertiary/aromatic N) is 2. The molecule has 0 bridgehead atoms. The van der Waals surface area contributed by atoms with E-state index in [2.05, 4.69) is 10.2 Å². The van der Waals surface area contributed by atoms with Crippen LogP contribution in [0.25, 0.3) is 0 Å². The van der Waals surface area contributed by atoms with Crippen molar-refractivity contribution < 1.29 is 17.6 Å². The van der Waals surface area contributed by atoms with E-state index >= 15 is 0 Å². The summed E-state index contributed by atoms with van der Waals surface area (Å²) in [5, 5.41) is 3.36. The van der Waals surface area contributed by atoms with E-state index in [1.54, 1.807) is 0 Å². The van der Waals surface area contributed by atoms with Crippen LogP contribution in [-0.4, -0.2) is 42.6 Å².